The highest BCUT2D eigenvalue weighted by Crippen LogP contribution is 2.17. The van der Waals surface area contributed by atoms with E-state index in [2.05, 4.69) is 26.2 Å². The van der Waals surface area contributed by atoms with Crippen LogP contribution in [0, 0.1) is 0 Å². The number of nitrogens with zero attached hydrogens (tertiary/aromatic N) is 2. The van der Waals surface area contributed by atoms with Crippen molar-refractivity contribution in [1.82, 2.24) is 8.96 Å². The van der Waals surface area contributed by atoms with Gasteiger partial charge in [0.25, 0.3) is 0 Å². The molecule has 1 aromatic rings. The van der Waals surface area contributed by atoms with E-state index in [1.165, 1.54) is 0 Å². The molecule has 3 nitrogen and oxygen atoms in total. The number of aromatic nitrogens is 2. The second kappa shape index (κ2) is 5.00. The van der Waals surface area contributed by atoms with Crippen molar-refractivity contribution in [2.45, 2.75) is 12.8 Å². The number of hydrogen-bond acceptors (Lipinski definition) is 3. The van der Waals surface area contributed by atoms with E-state index in [1.807, 2.05) is 10.2 Å². The van der Waals surface area contributed by atoms with Crippen LogP contribution in [0.1, 0.15) is 12.2 Å². The summed E-state index contributed by atoms with van der Waals surface area (Å²) in [5.74, 6) is 1.03. The molecule has 1 heterocycles. The van der Waals surface area contributed by atoms with E-state index in [0.717, 1.165) is 18.7 Å². The van der Waals surface area contributed by atoms with E-state index in [0.29, 0.717) is 0 Å². The molecule has 0 fully saturated rings. The molecule has 0 aliphatic rings. The first-order valence-electron chi connectivity index (χ1n) is 3.30. The van der Waals surface area contributed by atoms with Crippen molar-refractivity contribution >= 4 is 30.3 Å². The van der Waals surface area contributed by atoms with Gasteiger partial charge in [-0.3, -0.25) is 3.97 Å². The topological polar surface area (TPSA) is 38.1 Å². The molecule has 1 N–H and O–H groups in total. The largest absolute Gasteiger partial charge is 0.396 e. The summed E-state index contributed by atoms with van der Waals surface area (Å²) in [5, 5.41) is 8.58. The molecule has 0 saturated heterocycles. The van der Waals surface area contributed by atoms with E-state index < -0.39 is 0 Å². The Balaban J connectivity index is 2.54. The van der Waals surface area contributed by atoms with Crippen molar-refractivity contribution in [3.8, 4) is 0 Å². The molecule has 0 unspecified atom stereocenters. The number of hydrogen-bond donors (Lipinski definition) is 1. The lowest BCUT2D eigenvalue weighted by molar-refractivity contribution is 0.287. The molecule has 0 atom stereocenters. The van der Waals surface area contributed by atoms with Gasteiger partial charge < -0.3 is 5.11 Å². The minimum atomic E-state index is 0.235. The van der Waals surface area contributed by atoms with Crippen molar-refractivity contribution in [3.05, 3.63) is 18.2 Å². The van der Waals surface area contributed by atoms with E-state index in [4.69, 9.17) is 5.11 Å². The monoisotopic (exact) mass is 284 g/mol. The lowest BCUT2D eigenvalue weighted by Crippen LogP contribution is -1.96. The normalized spacial score (nSPS) is 10.4. The molecular weight excluding hydrogens is 275 g/mol. The van der Waals surface area contributed by atoms with Crippen molar-refractivity contribution in [1.29, 1.82) is 0 Å². The standard InChI is InChI=1S/C6H9IN2OS/c7-11-9-4-3-8-6(9)2-1-5-10/h3-4,10H,1-2,5H2. The predicted octanol–water partition coefficient (Wildman–Crippen LogP) is 1.65. The minimum Gasteiger partial charge on any atom is -0.396 e. The maximum Gasteiger partial charge on any atom is 0.119 e. The molecule has 0 bridgehead atoms. The number of aryl methyl sites for hydroxylation is 1. The lowest BCUT2D eigenvalue weighted by atomic mass is 10.3. The third-order valence-corrected chi connectivity index (χ3v) is 3.07. The van der Waals surface area contributed by atoms with Gasteiger partial charge in [0.2, 0.25) is 0 Å². The molecule has 1 aromatic heterocycles. The van der Waals surface area contributed by atoms with Gasteiger partial charge in [-0.25, -0.2) is 4.98 Å². The van der Waals surface area contributed by atoms with E-state index in [1.54, 1.807) is 15.3 Å². The van der Waals surface area contributed by atoms with Crippen LogP contribution in [0.5, 0.6) is 0 Å². The van der Waals surface area contributed by atoms with Gasteiger partial charge in [0.15, 0.2) is 0 Å². The van der Waals surface area contributed by atoms with Crippen LogP contribution in [-0.2, 0) is 6.42 Å². The average Bonchev–Trinajstić information content (AvgIpc) is 2.47. The number of halogens is 1. The smallest absolute Gasteiger partial charge is 0.119 e. The van der Waals surface area contributed by atoms with Crippen LogP contribution < -0.4 is 0 Å². The Labute approximate surface area is 81.9 Å². The zero-order chi connectivity index (χ0) is 8.10. The molecule has 5 heteroatoms. The van der Waals surface area contributed by atoms with Crippen molar-refractivity contribution in [3.63, 3.8) is 0 Å². The quantitative estimate of drug-likeness (QED) is 0.854. The Kier molecular flexibility index (Phi) is 4.24. The SMILES string of the molecule is OCCCc1nccn1SI. The van der Waals surface area contributed by atoms with Crippen LogP contribution in [0.2, 0.25) is 0 Å². The summed E-state index contributed by atoms with van der Waals surface area (Å²) in [7, 11) is 1.60. The summed E-state index contributed by atoms with van der Waals surface area (Å²) in [5.41, 5.74) is 0. The maximum atomic E-state index is 8.58. The molecule has 1 rings (SSSR count). The first kappa shape index (κ1) is 9.34. The van der Waals surface area contributed by atoms with Crippen LogP contribution in [0.3, 0.4) is 0 Å². The zero-order valence-electron chi connectivity index (χ0n) is 5.90. The Hall–Kier alpha value is 0.250. The van der Waals surface area contributed by atoms with E-state index >= 15 is 0 Å². The van der Waals surface area contributed by atoms with Crippen LogP contribution in [0.4, 0.5) is 0 Å². The van der Waals surface area contributed by atoms with Gasteiger partial charge in [-0.05, 0) is 6.42 Å². The van der Waals surface area contributed by atoms with Crippen LogP contribution in [0.15, 0.2) is 12.4 Å². The number of imidazole rings is 1. The maximum absolute atomic E-state index is 8.58. The van der Waals surface area contributed by atoms with E-state index in [-0.39, 0.29) is 6.61 Å². The molecule has 11 heavy (non-hydrogen) atoms. The molecule has 0 aliphatic carbocycles. The second-order valence-corrected chi connectivity index (χ2v) is 3.78. The first-order valence-corrected chi connectivity index (χ1v) is 6.62. The Bertz CT molecular complexity index is 216. The van der Waals surface area contributed by atoms with Gasteiger partial charge in [0.1, 0.15) is 5.82 Å². The van der Waals surface area contributed by atoms with Gasteiger partial charge >= 0.3 is 0 Å². The molecule has 0 spiro atoms. The van der Waals surface area contributed by atoms with Gasteiger partial charge in [-0.1, -0.05) is 0 Å². The number of aliphatic hydroxyl groups is 1. The van der Waals surface area contributed by atoms with Crippen LogP contribution in [0.25, 0.3) is 0 Å². The third kappa shape index (κ3) is 2.64. The van der Waals surface area contributed by atoms with Crippen molar-refractivity contribution < 1.29 is 5.11 Å². The van der Waals surface area contributed by atoms with Gasteiger partial charge in [0.05, 0.1) is 0 Å². The highest BCUT2D eigenvalue weighted by atomic mass is 127. The number of aliphatic hydroxyl groups excluding tert-OH is 1. The molecule has 0 radical (unpaired) electrons. The molecule has 0 aliphatic heterocycles. The van der Waals surface area contributed by atoms with E-state index in [9.17, 15) is 0 Å². The fourth-order valence-electron chi connectivity index (χ4n) is 0.798. The predicted molar refractivity (Wildman–Crippen MR) is 54.6 cm³/mol. The summed E-state index contributed by atoms with van der Waals surface area (Å²) in [6.45, 7) is 0.235. The summed E-state index contributed by atoms with van der Waals surface area (Å²) >= 11 is 2.20. The van der Waals surface area contributed by atoms with Gasteiger partial charge in [0, 0.05) is 55.7 Å². The fraction of sp³-hybridized carbons (Fsp3) is 0.500. The highest BCUT2D eigenvalue weighted by molar-refractivity contribution is 14.2. The summed E-state index contributed by atoms with van der Waals surface area (Å²) in [6, 6.07) is 0. The average molecular weight is 284 g/mol. The molecule has 0 saturated carbocycles. The van der Waals surface area contributed by atoms with Crippen LogP contribution in [-0.4, -0.2) is 20.7 Å². The third-order valence-electron chi connectivity index (χ3n) is 1.31. The Morgan fingerprint density at radius 3 is 3.18 bits per heavy atom. The van der Waals surface area contributed by atoms with Crippen molar-refractivity contribution in [2.75, 3.05) is 6.61 Å². The molecule has 0 amide bonds. The van der Waals surface area contributed by atoms with Crippen LogP contribution >= 0.6 is 30.3 Å². The first-order chi connectivity index (χ1) is 5.38. The lowest BCUT2D eigenvalue weighted by Gasteiger charge is -1.99. The minimum absolute atomic E-state index is 0.235. The van der Waals surface area contributed by atoms with Gasteiger partial charge in [-0.2, -0.15) is 0 Å². The Morgan fingerprint density at radius 1 is 1.73 bits per heavy atom. The highest BCUT2D eigenvalue weighted by Gasteiger charge is 2.00. The summed E-state index contributed by atoms with van der Waals surface area (Å²) < 4.78 is 2.00. The van der Waals surface area contributed by atoms with Crippen molar-refractivity contribution in [2.24, 2.45) is 0 Å². The summed E-state index contributed by atoms with van der Waals surface area (Å²) in [4.78, 5) is 4.15. The summed E-state index contributed by atoms with van der Waals surface area (Å²) in [6.07, 6.45) is 5.33. The Morgan fingerprint density at radius 2 is 2.55 bits per heavy atom. The fourth-order valence-corrected chi connectivity index (χ4v) is 2.19. The second-order valence-electron chi connectivity index (χ2n) is 2.07. The zero-order valence-corrected chi connectivity index (χ0v) is 8.88. The molecule has 62 valence electrons. The number of rotatable bonds is 4. The molecule has 0 aromatic carbocycles. The molecular formula is C6H9IN2OS. The van der Waals surface area contributed by atoms with Gasteiger partial charge in [-0.15, -0.1) is 0 Å².